The van der Waals surface area contributed by atoms with Crippen molar-refractivity contribution in [1.82, 2.24) is 0 Å². The van der Waals surface area contributed by atoms with Crippen LogP contribution in [-0.4, -0.2) is 13.1 Å². The molecule has 0 spiro atoms. The normalized spacial score (nSPS) is 19.6. The largest absolute Gasteiger partial charge is 0.465 e. The smallest absolute Gasteiger partial charge is 0.338 e. The summed E-state index contributed by atoms with van der Waals surface area (Å²) in [6, 6.07) is 10.9. The predicted molar refractivity (Wildman–Crippen MR) is 85.4 cm³/mol. The Kier molecular flexibility index (Phi) is 3.87. The van der Waals surface area contributed by atoms with Gasteiger partial charge in [0.25, 0.3) is 0 Å². The Bertz CT molecular complexity index is 727. The molecule has 0 radical (unpaired) electrons. The molecule has 5 heteroatoms. The minimum atomic E-state index is -0.509. The highest BCUT2D eigenvalue weighted by molar-refractivity contribution is 6.33. The number of benzene rings is 2. The van der Waals surface area contributed by atoms with Crippen LogP contribution in [0, 0.1) is 0 Å². The van der Waals surface area contributed by atoms with E-state index in [0.29, 0.717) is 16.1 Å². The molecule has 0 aromatic heterocycles. The zero-order chi connectivity index (χ0) is 15.1. The van der Waals surface area contributed by atoms with Gasteiger partial charge in [0.15, 0.2) is 0 Å². The minimum Gasteiger partial charge on any atom is -0.465 e. The number of halogens is 3. The highest BCUT2D eigenvalue weighted by Crippen LogP contribution is 2.52. The van der Waals surface area contributed by atoms with E-state index in [0.717, 1.165) is 16.7 Å². The van der Waals surface area contributed by atoms with Gasteiger partial charge in [0, 0.05) is 5.02 Å². The van der Waals surface area contributed by atoms with Crippen LogP contribution in [0.5, 0.6) is 0 Å². The molecule has 21 heavy (non-hydrogen) atoms. The van der Waals surface area contributed by atoms with Crippen LogP contribution in [0.4, 0.5) is 0 Å². The van der Waals surface area contributed by atoms with Crippen LogP contribution >= 0.6 is 34.8 Å². The van der Waals surface area contributed by atoms with Gasteiger partial charge in [0.05, 0.1) is 23.4 Å². The number of hydrogen-bond donors (Lipinski definition) is 0. The Balaban J connectivity index is 2.32. The second-order valence-corrected chi connectivity index (χ2v) is 6.17. The average Bonchev–Trinajstić information content (AvgIpc) is 2.51. The highest BCUT2D eigenvalue weighted by atomic mass is 35.5. The molecule has 2 aromatic rings. The molecule has 0 heterocycles. The zero-order valence-corrected chi connectivity index (χ0v) is 13.3. The number of esters is 1. The summed E-state index contributed by atoms with van der Waals surface area (Å²) in [5.74, 6) is -0.424. The van der Waals surface area contributed by atoms with Gasteiger partial charge in [0.1, 0.15) is 0 Å². The van der Waals surface area contributed by atoms with Gasteiger partial charge in [-0.2, -0.15) is 0 Å². The predicted octanol–water partition coefficient (Wildman–Crippen LogP) is 5.37. The average molecular weight is 342 g/mol. The van der Waals surface area contributed by atoms with Crippen LogP contribution in [0.2, 0.25) is 5.02 Å². The van der Waals surface area contributed by atoms with Crippen molar-refractivity contribution < 1.29 is 9.53 Å². The van der Waals surface area contributed by atoms with Gasteiger partial charge < -0.3 is 4.74 Å². The maximum atomic E-state index is 12.0. The molecule has 1 aliphatic rings. The van der Waals surface area contributed by atoms with Crippen molar-refractivity contribution in [1.29, 1.82) is 0 Å². The number of rotatable bonds is 1. The zero-order valence-electron chi connectivity index (χ0n) is 11.1. The Morgan fingerprint density at radius 1 is 1.10 bits per heavy atom. The van der Waals surface area contributed by atoms with Gasteiger partial charge in [-0.05, 0) is 40.5 Å². The molecule has 108 valence electrons. The Morgan fingerprint density at radius 2 is 1.86 bits per heavy atom. The first-order chi connectivity index (χ1) is 10.0. The van der Waals surface area contributed by atoms with E-state index >= 15 is 0 Å². The van der Waals surface area contributed by atoms with E-state index in [2.05, 4.69) is 0 Å². The monoisotopic (exact) mass is 340 g/mol. The van der Waals surface area contributed by atoms with Gasteiger partial charge in [-0.15, -0.1) is 23.2 Å². The van der Waals surface area contributed by atoms with Crippen LogP contribution < -0.4 is 0 Å². The SMILES string of the molecule is COC(=O)c1cccc2c1[C@@H](Cl)[C@@H](Cl)c1ccc(Cl)cc1-2. The molecule has 0 aliphatic heterocycles. The molecular weight excluding hydrogens is 331 g/mol. The number of ether oxygens (including phenoxy) is 1. The molecule has 2 nitrogen and oxygen atoms in total. The summed E-state index contributed by atoms with van der Waals surface area (Å²) in [5, 5.41) is -0.331. The van der Waals surface area contributed by atoms with E-state index in [9.17, 15) is 4.79 Å². The van der Waals surface area contributed by atoms with E-state index in [1.807, 2.05) is 18.2 Å². The van der Waals surface area contributed by atoms with Crippen molar-refractivity contribution in [2.24, 2.45) is 0 Å². The molecule has 0 saturated carbocycles. The van der Waals surface area contributed by atoms with E-state index in [1.165, 1.54) is 7.11 Å². The highest BCUT2D eigenvalue weighted by Gasteiger charge is 2.34. The van der Waals surface area contributed by atoms with Crippen LogP contribution in [0.15, 0.2) is 36.4 Å². The molecule has 0 saturated heterocycles. The summed E-state index contributed by atoms with van der Waals surface area (Å²) in [4.78, 5) is 12.0. The van der Waals surface area contributed by atoms with Crippen molar-refractivity contribution in [3.8, 4) is 11.1 Å². The van der Waals surface area contributed by atoms with Gasteiger partial charge in [0.2, 0.25) is 0 Å². The lowest BCUT2D eigenvalue weighted by Crippen LogP contribution is -2.15. The summed E-state index contributed by atoms with van der Waals surface area (Å²) in [7, 11) is 1.34. The maximum Gasteiger partial charge on any atom is 0.338 e. The third kappa shape index (κ3) is 2.32. The molecule has 2 atom stereocenters. The molecule has 0 bridgehead atoms. The van der Waals surface area contributed by atoms with E-state index in [4.69, 9.17) is 39.5 Å². The third-order valence-electron chi connectivity index (χ3n) is 3.65. The molecule has 2 aromatic carbocycles. The van der Waals surface area contributed by atoms with Gasteiger partial charge in [-0.3, -0.25) is 0 Å². The van der Waals surface area contributed by atoms with Crippen LogP contribution in [0.3, 0.4) is 0 Å². The lowest BCUT2D eigenvalue weighted by atomic mass is 9.82. The Hall–Kier alpha value is -1.22. The second-order valence-electron chi connectivity index (χ2n) is 4.79. The molecule has 0 N–H and O–H groups in total. The maximum absolute atomic E-state index is 12.0. The van der Waals surface area contributed by atoms with Gasteiger partial charge in [-0.25, -0.2) is 4.79 Å². The van der Waals surface area contributed by atoms with Crippen LogP contribution in [0.25, 0.3) is 11.1 Å². The van der Waals surface area contributed by atoms with Crippen molar-refractivity contribution in [2.75, 3.05) is 7.11 Å². The second kappa shape index (κ2) is 5.53. The van der Waals surface area contributed by atoms with Crippen molar-refractivity contribution >= 4 is 40.8 Å². The summed E-state index contributed by atoms with van der Waals surface area (Å²) in [6.07, 6.45) is 0. The van der Waals surface area contributed by atoms with E-state index in [-0.39, 0.29) is 0 Å². The van der Waals surface area contributed by atoms with Crippen LogP contribution in [-0.2, 0) is 4.74 Å². The summed E-state index contributed by atoms with van der Waals surface area (Å²) in [6.45, 7) is 0. The first kappa shape index (κ1) is 14.7. The third-order valence-corrected chi connectivity index (χ3v) is 4.97. The fourth-order valence-corrected chi connectivity index (χ4v) is 3.55. The number of carbonyl (C=O) groups excluding carboxylic acids is 1. The molecule has 0 unspecified atom stereocenters. The van der Waals surface area contributed by atoms with Gasteiger partial charge in [-0.1, -0.05) is 29.8 Å². The summed E-state index contributed by atoms with van der Waals surface area (Å²) < 4.78 is 4.83. The Labute approximate surface area is 137 Å². The molecule has 0 fully saturated rings. The lowest BCUT2D eigenvalue weighted by Gasteiger charge is -2.29. The first-order valence-electron chi connectivity index (χ1n) is 6.33. The molecule has 1 aliphatic carbocycles. The van der Waals surface area contributed by atoms with E-state index in [1.54, 1.807) is 18.2 Å². The number of hydrogen-bond acceptors (Lipinski definition) is 2. The summed E-state index contributed by atoms with van der Waals surface area (Å²) in [5.41, 5.74) is 3.81. The van der Waals surface area contributed by atoms with Crippen molar-refractivity contribution in [3.63, 3.8) is 0 Å². The number of alkyl halides is 2. The number of carbonyl (C=O) groups is 1. The number of methoxy groups -OCH3 is 1. The fourth-order valence-electron chi connectivity index (χ4n) is 2.69. The lowest BCUT2D eigenvalue weighted by molar-refractivity contribution is 0.0599. The van der Waals surface area contributed by atoms with Gasteiger partial charge >= 0.3 is 5.97 Å². The Morgan fingerprint density at radius 3 is 2.57 bits per heavy atom. The molecular formula is C16H11Cl3O2. The standard InChI is InChI=1S/C16H11Cl3O2/c1-21-16(20)11-4-2-3-9-12-7-8(17)5-6-10(12)14(18)15(19)13(9)11/h2-7,14-15H,1H3/t14-,15+/m0/s1. The topological polar surface area (TPSA) is 26.3 Å². The van der Waals surface area contributed by atoms with Crippen molar-refractivity contribution in [3.05, 3.63) is 58.1 Å². The first-order valence-corrected chi connectivity index (χ1v) is 7.59. The van der Waals surface area contributed by atoms with E-state index < -0.39 is 16.7 Å². The van der Waals surface area contributed by atoms with Crippen molar-refractivity contribution in [2.45, 2.75) is 10.8 Å². The molecule has 0 amide bonds. The van der Waals surface area contributed by atoms with Crippen LogP contribution in [0.1, 0.15) is 32.2 Å². The fraction of sp³-hybridized carbons (Fsp3) is 0.188. The number of fused-ring (bicyclic) bond motifs is 3. The quantitative estimate of drug-likeness (QED) is 0.515. The molecule has 3 rings (SSSR count). The minimum absolute atomic E-state index is 0.424. The summed E-state index contributed by atoms with van der Waals surface area (Å²) >= 11 is 19.1.